The molecule has 0 atom stereocenters. The van der Waals surface area contributed by atoms with Gasteiger partial charge in [-0.2, -0.15) is 5.26 Å². The van der Waals surface area contributed by atoms with Gasteiger partial charge in [-0.25, -0.2) is 9.97 Å². The van der Waals surface area contributed by atoms with Crippen molar-refractivity contribution in [1.29, 1.82) is 5.26 Å². The second kappa shape index (κ2) is 17.2. The molecule has 0 spiro atoms. The van der Waals surface area contributed by atoms with Crippen molar-refractivity contribution in [2.75, 3.05) is 0 Å². The first-order valence-corrected chi connectivity index (χ1v) is 18.4. The molecule has 8 nitrogen and oxygen atoms in total. The molecule has 0 bridgehead atoms. The Bertz CT molecular complexity index is 2040. The van der Waals surface area contributed by atoms with Crippen molar-refractivity contribution >= 4 is 59.2 Å². The van der Waals surface area contributed by atoms with Gasteiger partial charge in [0.15, 0.2) is 0 Å². The van der Waals surface area contributed by atoms with Crippen LogP contribution in [0.3, 0.4) is 0 Å². The van der Waals surface area contributed by atoms with Crippen molar-refractivity contribution in [3.8, 4) is 6.07 Å². The Morgan fingerprint density at radius 2 is 0.852 bits per heavy atom. The Morgan fingerprint density at radius 1 is 0.574 bits per heavy atom. The first-order valence-electron chi connectivity index (χ1n) is 14.4. The zero-order valence-corrected chi connectivity index (χ0v) is 30.7. The maximum absolute atomic E-state index is 10.7. The van der Waals surface area contributed by atoms with Crippen LogP contribution in [-0.2, 0) is 22.3 Å². The van der Waals surface area contributed by atoms with Crippen LogP contribution in [0.4, 0.5) is 50.4 Å². The van der Waals surface area contributed by atoms with Crippen LogP contribution < -0.4 is 0 Å². The van der Waals surface area contributed by atoms with Gasteiger partial charge < -0.3 is 16.4 Å². The van der Waals surface area contributed by atoms with E-state index in [0.29, 0.717) is 0 Å². The molecule has 2 aromatic carbocycles. The number of fused-ring (bicyclic) bond motifs is 6. The zero-order chi connectivity index (χ0) is 37.7. The monoisotopic (exact) mass is 873 g/mol. The van der Waals surface area contributed by atoms with E-state index in [1.807, 2.05) is 24.5 Å². The summed E-state index contributed by atoms with van der Waals surface area (Å²) in [5.41, 5.74) is 5.92. The predicted molar refractivity (Wildman–Crippen MR) is 186 cm³/mol. The molecule has 4 aromatic heterocycles. The first-order chi connectivity index (χ1) is 22.6. The summed E-state index contributed by atoms with van der Waals surface area (Å²) in [4.78, 5) is 19.6. The van der Waals surface area contributed by atoms with Crippen molar-refractivity contribution < 1.29 is 83.6 Å². The van der Waals surface area contributed by atoms with Crippen LogP contribution in [0.15, 0.2) is 85.2 Å². The first kappa shape index (κ1) is 52.1. The van der Waals surface area contributed by atoms with Crippen LogP contribution in [0.5, 0.6) is 0 Å². The molecular formula is C31H34CoF12N5O3P2+. The number of nitriles is 1. The molecule has 54 heavy (non-hydrogen) atoms. The Hall–Kier alpha value is -4.02. The largest absolute Gasteiger partial charge is 2.00 e. The molecular weight excluding hydrogens is 839 g/mol. The van der Waals surface area contributed by atoms with E-state index in [1.165, 1.54) is 6.92 Å². The fourth-order valence-electron chi connectivity index (χ4n) is 4.72. The Kier molecular flexibility index (Phi) is 16.6. The Morgan fingerprint density at radius 3 is 1.15 bits per heavy atom. The standard InChI is InChI=1S/C29H24N4.C2H3N.Co.2F6P.3H2O/c1-2-3-8-23(24-15-13-21-11-9-19-6-4-17-30-26(19)28(21)32-24)25-16-14-22-12-10-20-7-5-18-31-27(20)29(22)33-25;1-2-3;;2*1-7(2,3,4,5)6;;;/h4-7,9-18,23H,2-3,8H2,1H3;1H3;;;;3*1H2/q;;+2;2*-1;;;/p+1. The fraction of sp³-hybridized carbons (Fsp3) is 0.194. The summed E-state index contributed by atoms with van der Waals surface area (Å²) < 4.78 is 118. The summed E-state index contributed by atoms with van der Waals surface area (Å²) in [6, 6.07) is 27.0. The summed E-state index contributed by atoms with van der Waals surface area (Å²) >= 11 is 0. The molecule has 0 saturated carbocycles. The van der Waals surface area contributed by atoms with E-state index in [-0.39, 0.29) is 39.1 Å². The SMILES string of the molecule is CC#N.CCCCC(c1ccc2ccc3cccnc3c2n1)c1ccc2ccc3cccnc3c2n1.F[P-](F)(F)(F)(F)F.F[P-](F)(F)(F)(F)F.O.O.[Co+2].[OH3+]. The molecule has 0 fully saturated rings. The average Bonchev–Trinajstić information content (AvgIpc) is 2.98. The number of hydrogen-bond acceptors (Lipinski definition) is 5. The minimum atomic E-state index is -10.7. The quantitative estimate of drug-likeness (QED) is 0.0725. The third-order valence-electron chi connectivity index (χ3n) is 6.47. The Balaban J connectivity index is 0. The van der Waals surface area contributed by atoms with E-state index in [1.54, 1.807) is 6.07 Å². The number of hydrogen-bond donors (Lipinski definition) is 0. The normalized spacial score (nSPS) is 13.4. The fourth-order valence-corrected chi connectivity index (χ4v) is 4.72. The molecule has 0 unspecified atom stereocenters. The van der Waals surface area contributed by atoms with Crippen LogP contribution >= 0.6 is 15.6 Å². The average molecular weight is 874 g/mol. The Labute approximate surface area is 309 Å². The van der Waals surface area contributed by atoms with Crippen LogP contribution in [0, 0.1) is 11.3 Å². The number of benzene rings is 2. The van der Waals surface area contributed by atoms with E-state index >= 15 is 0 Å². The van der Waals surface area contributed by atoms with Gasteiger partial charge >= 0.3 is 82.8 Å². The van der Waals surface area contributed by atoms with Crippen molar-refractivity contribution in [2.45, 2.75) is 39.0 Å². The van der Waals surface area contributed by atoms with Gasteiger partial charge in [0.25, 0.3) is 0 Å². The number of aromatic nitrogens is 4. The van der Waals surface area contributed by atoms with Crippen molar-refractivity contribution in [3.63, 3.8) is 0 Å². The summed E-state index contributed by atoms with van der Waals surface area (Å²) in [5.74, 6) is 0.122. The molecule has 6 aromatic rings. The van der Waals surface area contributed by atoms with Gasteiger partial charge in [-0.15, -0.1) is 0 Å². The number of pyridine rings is 4. The molecule has 303 valence electrons. The molecule has 7 N–H and O–H groups in total. The summed E-state index contributed by atoms with van der Waals surface area (Å²) in [6.07, 6.45) is 6.93. The van der Waals surface area contributed by atoms with E-state index in [4.69, 9.17) is 15.2 Å². The number of rotatable bonds is 5. The smallest absolute Gasteiger partial charge is 0.457 e. The van der Waals surface area contributed by atoms with Crippen LogP contribution in [0.2, 0.25) is 0 Å². The predicted octanol–water partition coefficient (Wildman–Crippen LogP) is 11.9. The molecule has 4 heterocycles. The molecule has 0 saturated heterocycles. The van der Waals surface area contributed by atoms with E-state index in [2.05, 4.69) is 77.6 Å². The maximum Gasteiger partial charge on any atom is 2.00 e. The molecule has 23 heteroatoms. The van der Waals surface area contributed by atoms with Crippen molar-refractivity contribution in [1.82, 2.24) is 19.9 Å². The summed E-state index contributed by atoms with van der Waals surface area (Å²) in [7, 11) is -21.3. The number of nitrogens with zero attached hydrogens (tertiary/aromatic N) is 5. The topological polar surface area (TPSA) is 171 Å². The minimum absolute atomic E-state index is 0. The van der Waals surface area contributed by atoms with Gasteiger partial charge in [0.2, 0.25) is 0 Å². The van der Waals surface area contributed by atoms with Gasteiger partial charge in [0, 0.05) is 46.8 Å². The molecule has 0 aliphatic heterocycles. The molecule has 6 rings (SSSR count). The third-order valence-corrected chi connectivity index (χ3v) is 6.47. The van der Waals surface area contributed by atoms with Gasteiger partial charge in [-0.05, 0) is 30.7 Å². The maximum atomic E-state index is 9.87. The van der Waals surface area contributed by atoms with Crippen LogP contribution in [0.1, 0.15) is 50.4 Å². The minimum Gasteiger partial charge on any atom is -0.457 e. The molecule has 0 aliphatic carbocycles. The molecule has 0 aliphatic rings. The number of unbranched alkanes of at least 4 members (excludes halogenated alkanes) is 1. The van der Waals surface area contributed by atoms with Gasteiger partial charge in [0.05, 0.1) is 39.5 Å². The van der Waals surface area contributed by atoms with Crippen molar-refractivity contribution in [2.24, 2.45) is 0 Å². The third kappa shape index (κ3) is 19.3. The van der Waals surface area contributed by atoms with Gasteiger partial charge in [0.1, 0.15) is 0 Å². The molecule has 0 amide bonds. The van der Waals surface area contributed by atoms with E-state index < -0.39 is 15.6 Å². The summed E-state index contributed by atoms with van der Waals surface area (Å²) in [6.45, 7) is 3.66. The number of halogens is 12. The van der Waals surface area contributed by atoms with Gasteiger partial charge in [-0.1, -0.05) is 68.3 Å². The zero-order valence-electron chi connectivity index (χ0n) is 27.9. The summed E-state index contributed by atoms with van der Waals surface area (Å²) in [5, 5.41) is 11.8. The van der Waals surface area contributed by atoms with E-state index in [0.717, 1.165) is 74.3 Å². The van der Waals surface area contributed by atoms with E-state index in [9.17, 15) is 50.4 Å². The molecule has 1 radical (unpaired) electrons. The van der Waals surface area contributed by atoms with Crippen LogP contribution in [0.25, 0.3) is 43.6 Å². The second-order valence-corrected chi connectivity index (χ2v) is 14.6. The van der Waals surface area contributed by atoms with Crippen molar-refractivity contribution in [3.05, 3.63) is 96.6 Å². The van der Waals surface area contributed by atoms with Gasteiger partial charge in [-0.3, -0.25) is 9.97 Å². The van der Waals surface area contributed by atoms with Crippen LogP contribution in [-0.4, -0.2) is 30.9 Å². The second-order valence-electron chi connectivity index (χ2n) is 10.7.